The summed E-state index contributed by atoms with van der Waals surface area (Å²) in [6.07, 6.45) is 0.171. The standard InChI is InChI=1S/C20H22N2O5S/c23-18(15-6-2-1-3-7-15)22-17-9-5-4-8-16(17)19(24)21-14-20(25)10-12-28(26,27)13-11-20/h1-9,25H,10-14H2,(H,21,24)(H,22,23). The maximum atomic E-state index is 12.6. The topological polar surface area (TPSA) is 113 Å². The second-order valence-corrected chi connectivity index (χ2v) is 9.23. The van der Waals surface area contributed by atoms with Crippen LogP contribution in [0.2, 0.25) is 0 Å². The van der Waals surface area contributed by atoms with Crippen LogP contribution in [-0.2, 0) is 9.84 Å². The average Bonchev–Trinajstić information content (AvgIpc) is 2.70. The Bertz CT molecular complexity index is 959. The molecule has 2 aromatic carbocycles. The Labute approximate surface area is 163 Å². The van der Waals surface area contributed by atoms with Crippen molar-refractivity contribution in [1.29, 1.82) is 0 Å². The van der Waals surface area contributed by atoms with E-state index in [4.69, 9.17) is 0 Å². The summed E-state index contributed by atoms with van der Waals surface area (Å²) >= 11 is 0. The fraction of sp³-hybridized carbons (Fsp3) is 0.300. The van der Waals surface area contributed by atoms with Gasteiger partial charge in [-0.25, -0.2) is 8.42 Å². The molecule has 1 saturated heterocycles. The predicted molar refractivity (Wildman–Crippen MR) is 106 cm³/mol. The monoisotopic (exact) mass is 402 g/mol. The first-order chi connectivity index (χ1) is 13.3. The Balaban J connectivity index is 1.67. The molecule has 148 valence electrons. The molecule has 3 N–H and O–H groups in total. The first-order valence-corrected chi connectivity index (χ1v) is 10.8. The largest absolute Gasteiger partial charge is 0.388 e. The molecule has 1 aliphatic heterocycles. The van der Waals surface area contributed by atoms with E-state index in [0.717, 1.165) is 0 Å². The molecule has 28 heavy (non-hydrogen) atoms. The van der Waals surface area contributed by atoms with Crippen molar-refractivity contribution in [2.24, 2.45) is 0 Å². The van der Waals surface area contributed by atoms with E-state index in [-0.39, 0.29) is 42.4 Å². The summed E-state index contributed by atoms with van der Waals surface area (Å²) in [5, 5.41) is 15.9. The highest BCUT2D eigenvalue weighted by molar-refractivity contribution is 7.91. The molecule has 0 spiro atoms. The first-order valence-electron chi connectivity index (χ1n) is 8.94. The lowest BCUT2D eigenvalue weighted by Gasteiger charge is -2.32. The van der Waals surface area contributed by atoms with Crippen LogP contribution < -0.4 is 10.6 Å². The zero-order valence-corrected chi connectivity index (χ0v) is 16.0. The van der Waals surface area contributed by atoms with Gasteiger partial charge in [0.15, 0.2) is 9.84 Å². The maximum Gasteiger partial charge on any atom is 0.255 e. The third-order valence-corrected chi connectivity index (χ3v) is 6.44. The van der Waals surface area contributed by atoms with Crippen molar-refractivity contribution in [3.63, 3.8) is 0 Å². The number of hydrogen-bond acceptors (Lipinski definition) is 5. The normalized spacial score (nSPS) is 17.5. The lowest BCUT2D eigenvalue weighted by Crippen LogP contribution is -2.48. The van der Waals surface area contributed by atoms with E-state index in [0.29, 0.717) is 11.3 Å². The minimum atomic E-state index is -3.11. The molecule has 1 heterocycles. The minimum absolute atomic E-state index is 0.0533. The molecular weight excluding hydrogens is 380 g/mol. The first kappa shape index (κ1) is 20.0. The Morgan fingerprint density at radius 3 is 2.21 bits per heavy atom. The Kier molecular flexibility index (Phi) is 5.81. The second kappa shape index (κ2) is 8.12. The molecular formula is C20H22N2O5S. The van der Waals surface area contributed by atoms with Gasteiger partial charge in [-0.2, -0.15) is 0 Å². The second-order valence-electron chi connectivity index (χ2n) is 6.92. The van der Waals surface area contributed by atoms with Gasteiger partial charge in [0.05, 0.1) is 28.4 Å². The number of nitrogens with one attached hydrogen (secondary N) is 2. The number of sulfone groups is 1. The Morgan fingerprint density at radius 1 is 0.929 bits per heavy atom. The lowest BCUT2D eigenvalue weighted by atomic mass is 9.96. The smallest absolute Gasteiger partial charge is 0.255 e. The molecule has 0 radical (unpaired) electrons. The zero-order chi connectivity index (χ0) is 20.2. The number of carbonyl (C=O) groups excluding carboxylic acids is 2. The number of rotatable bonds is 5. The predicted octanol–water partition coefficient (Wildman–Crippen LogP) is 1.61. The van der Waals surface area contributed by atoms with Crippen molar-refractivity contribution in [2.75, 3.05) is 23.4 Å². The van der Waals surface area contributed by atoms with Crippen LogP contribution in [0.1, 0.15) is 33.6 Å². The third-order valence-electron chi connectivity index (χ3n) is 4.79. The summed E-state index contributed by atoms with van der Waals surface area (Å²) in [6, 6.07) is 15.2. The van der Waals surface area contributed by atoms with Crippen molar-refractivity contribution < 1.29 is 23.1 Å². The van der Waals surface area contributed by atoms with Crippen molar-refractivity contribution in [3.8, 4) is 0 Å². The van der Waals surface area contributed by atoms with Crippen molar-refractivity contribution in [2.45, 2.75) is 18.4 Å². The maximum absolute atomic E-state index is 12.6. The van der Waals surface area contributed by atoms with Gasteiger partial charge in [-0.1, -0.05) is 30.3 Å². The third kappa shape index (κ3) is 4.96. The number of anilines is 1. The average molecular weight is 402 g/mol. The van der Waals surface area contributed by atoms with Crippen LogP contribution in [0.4, 0.5) is 5.69 Å². The van der Waals surface area contributed by atoms with E-state index >= 15 is 0 Å². The van der Waals surface area contributed by atoms with Gasteiger partial charge in [0.1, 0.15) is 0 Å². The summed E-state index contributed by atoms with van der Waals surface area (Å²) in [6.45, 7) is -0.0533. The van der Waals surface area contributed by atoms with Crippen LogP contribution in [0.3, 0.4) is 0 Å². The lowest BCUT2D eigenvalue weighted by molar-refractivity contribution is 0.0296. The molecule has 1 aliphatic rings. The van der Waals surface area contributed by atoms with E-state index in [2.05, 4.69) is 10.6 Å². The fourth-order valence-corrected chi connectivity index (χ4v) is 4.60. The van der Waals surface area contributed by atoms with Crippen molar-refractivity contribution in [3.05, 3.63) is 65.7 Å². The van der Waals surface area contributed by atoms with Gasteiger partial charge in [0.25, 0.3) is 11.8 Å². The summed E-state index contributed by atoms with van der Waals surface area (Å²) in [5.74, 6) is -0.977. The van der Waals surface area contributed by atoms with Crippen LogP contribution in [0.25, 0.3) is 0 Å². The summed E-state index contributed by atoms with van der Waals surface area (Å²) in [5.41, 5.74) is -0.162. The van der Waals surface area contributed by atoms with E-state index in [1.807, 2.05) is 0 Å². The highest BCUT2D eigenvalue weighted by Gasteiger charge is 2.35. The minimum Gasteiger partial charge on any atom is -0.388 e. The van der Waals surface area contributed by atoms with Gasteiger partial charge in [0, 0.05) is 12.1 Å². The summed E-state index contributed by atoms with van der Waals surface area (Å²) < 4.78 is 23.0. The number of amides is 2. The van der Waals surface area contributed by atoms with E-state index < -0.39 is 21.3 Å². The van der Waals surface area contributed by atoms with E-state index in [1.165, 1.54) is 0 Å². The van der Waals surface area contributed by atoms with Crippen LogP contribution >= 0.6 is 0 Å². The zero-order valence-electron chi connectivity index (χ0n) is 15.2. The van der Waals surface area contributed by atoms with Gasteiger partial charge >= 0.3 is 0 Å². The van der Waals surface area contributed by atoms with E-state index in [9.17, 15) is 23.1 Å². The molecule has 0 bridgehead atoms. The van der Waals surface area contributed by atoms with Crippen LogP contribution in [0.5, 0.6) is 0 Å². The number of carbonyl (C=O) groups is 2. The van der Waals surface area contributed by atoms with Crippen LogP contribution in [-0.4, -0.2) is 49.0 Å². The molecule has 2 amide bonds. The molecule has 3 rings (SSSR count). The molecule has 2 aromatic rings. The highest BCUT2D eigenvalue weighted by atomic mass is 32.2. The Hall–Kier alpha value is -2.71. The van der Waals surface area contributed by atoms with Crippen LogP contribution in [0, 0.1) is 0 Å². The molecule has 1 fully saturated rings. The van der Waals surface area contributed by atoms with Gasteiger partial charge in [-0.05, 0) is 37.1 Å². The molecule has 0 atom stereocenters. The highest BCUT2D eigenvalue weighted by Crippen LogP contribution is 2.23. The van der Waals surface area contributed by atoms with Gasteiger partial charge in [0.2, 0.25) is 0 Å². The van der Waals surface area contributed by atoms with Crippen molar-refractivity contribution >= 4 is 27.3 Å². The van der Waals surface area contributed by atoms with Gasteiger partial charge < -0.3 is 15.7 Å². The number of aliphatic hydroxyl groups is 1. The number of benzene rings is 2. The number of para-hydroxylation sites is 1. The molecule has 0 aromatic heterocycles. The Morgan fingerprint density at radius 2 is 1.54 bits per heavy atom. The molecule has 0 unspecified atom stereocenters. The summed E-state index contributed by atoms with van der Waals surface area (Å²) in [4.78, 5) is 25.0. The van der Waals surface area contributed by atoms with Gasteiger partial charge in [-0.15, -0.1) is 0 Å². The SMILES string of the molecule is O=C(Nc1ccccc1C(=O)NCC1(O)CCS(=O)(=O)CC1)c1ccccc1. The fourth-order valence-electron chi connectivity index (χ4n) is 3.01. The quantitative estimate of drug-likeness (QED) is 0.703. The van der Waals surface area contributed by atoms with Crippen molar-refractivity contribution in [1.82, 2.24) is 5.32 Å². The number of hydrogen-bond donors (Lipinski definition) is 3. The molecule has 7 nitrogen and oxygen atoms in total. The van der Waals surface area contributed by atoms with Gasteiger partial charge in [-0.3, -0.25) is 9.59 Å². The van der Waals surface area contributed by atoms with Crippen LogP contribution in [0.15, 0.2) is 54.6 Å². The van der Waals surface area contributed by atoms with E-state index in [1.54, 1.807) is 54.6 Å². The summed E-state index contributed by atoms with van der Waals surface area (Å²) in [7, 11) is -3.11. The molecule has 0 saturated carbocycles. The molecule has 0 aliphatic carbocycles. The molecule has 8 heteroatoms.